The van der Waals surface area contributed by atoms with Crippen LogP contribution in [-0.2, 0) is 6.61 Å². The molecular weight excluding hydrogens is 422 g/mol. The fourth-order valence-corrected chi connectivity index (χ4v) is 4.99. The monoisotopic (exact) mass is 447 g/mol. The molecule has 0 spiro atoms. The third-order valence-corrected chi connectivity index (χ3v) is 7.02. The number of nitrogens with zero attached hydrogens (tertiary/aromatic N) is 3. The number of aromatic nitrogens is 1. The number of carbonyl (C=O) groups excluding carboxylic acids is 1. The lowest BCUT2D eigenvalue weighted by molar-refractivity contribution is 0.0549. The van der Waals surface area contributed by atoms with Gasteiger partial charge in [-0.05, 0) is 43.3 Å². The molecule has 5 rings (SSSR count). The van der Waals surface area contributed by atoms with E-state index in [-0.39, 0.29) is 11.9 Å². The number of rotatable bonds is 6. The van der Waals surface area contributed by atoms with Crippen molar-refractivity contribution in [1.29, 1.82) is 0 Å². The highest BCUT2D eigenvalue weighted by Crippen LogP contribution is 2.30. The van der Waals surface area contributed by atoms with Crippen LogP contribution in [0.5, 0.6) is 5.75 Å². The Bertz CT molecular complexity index is 1160. The van der Waals surface area contributed by atoms with Crippen molar-refractivity contribution < 1.29 is 13.9 Å². The Labute approximate surface area is 191 Å². The van der Waals surface area contributed by atoms with Gasteiger partial charge in [-0.25, -0.2) is 4.98 Å². The van der Waals surface area contributed by atoms with Gasteiger partial charge in [0, 0.05) is 26.2 Å². The number of fused-ring (bicyclic) bond motifs is 1. The van der Waals surface area contributed by atoms with Crippen LogP contribution in [0.4, 0.5) is 0 Å². The Morgan fingerprint density at radius 2 is 1.78 bits per heavy atom. The average Bonchev–Trinajstić information content (AvgIpc) is 3.50. The van der Waals surface area contributed by atoms with Crippen LogP contribution in [0.2, 0.25) is 0 Å². The van der Waals surface area contributed by atoms with Crippen LogP contribution in [0.1, 0.15) is 34.3 Å². The SMILES string of the molecule is CC(c1nc2ccccc2s1)N1CCN(C(=O)c2ccc(COc3ccccc3)o2)CC1. The van der Waals surface area contributed by atoms with Gasteiger partial charge in [0.15, 0.2) is 5.76 Å². The summed E-state index contributed by atoms with van der Waals surface area (Å²) in [4.78, 5) is 22.0. The van der Waals surface area contributed by atoms with Crippen LogP contribution in [0, 0.1) is 0 Å². The highest BCUT2D eigenvalue weighted by molar-refractivity contribution is 7.18. The van der Waals surface area contributed by atoms with Crippen LogP contribution in [0.3, 0.4) is 0 Å². The first-order chi connectivity index (χ1) is 15.7. The normalized spacial score (nSPS) is 15.7. The third kappa shape index (κ3) is 4.40. The van der Waals surface area contributed by atoms with Crippen molar-refractivity contribution in [3.8, 4) is 5.75 Å². The van der Waals surface area contributed by atoms with E-state index < -0.39 is 0 Å². The van der Waals surface area contributed by atoms with E-state index in [9.17, 15) is 4.79 Å². The molecule has 1 atom stereocenters. The number of ether oxygens (including phenoxy) is 1. The Kier molecular flexibility index (Phi) is 5.92. The second-order valence-corrected chi connectivity index (χ2v) is 8.95. The predicted octanol–water partition coefficient (Wildman–Crippen LogP) is 4.99. The molecule has 1 fully saturated rings. The predicted molar refractivity (Wildman–Crippen MR) is 125 cm³/mol. The topological polar surface area (TPSA) is 58.8 Å². The molecule has 3 heterocycles. The number of piperazine rings is 1. The van der Waals surface area contributed by atoms with Crippen molar-refractivity contribution in [2.75, 3.05) is 26.2 Å². The van der Waals surface area contributed by atoms with Gasteiger partial charge in [0.05, 0.1) is 16.3 Å². The average molecular weight is 448 g/mol. The standard InChI is InChI=1S/C25H25N3O3S/c1-18(24-26-21-9-5-6-10-23(21)32-24)27-13-15-28(16-14-27)25(29)22-12-11-20(31-22)17-30-19-7-3-2-4-8-19/h2-12,18H,13-17H2,1H3. The van der Waals surface area contributed by atoms with E-state index >= 15 is 0 Å². The smallest absolute Gasteiger partial charge is 0.289 e. The summed E-state index contributed by atoms with van der Waals surface area (Å²) in [6, 6.07) is 21.6. The molecule has 7 heteroatoms. The molecule has 0 saturated carbocycles. The molecule has 0 bridgehead atoms. The van der Waals surface area contributed by atoms with Gasteiger partial charge in [0.2, 0.25) is 0 Å². The Morgan fingerprint density at radius 3 is 2.56 bits per heavy atom. The van der Waals surface area contributed by atoms with Crippen molar-refractivity contribution in [3.05, 3.63) is 83.3 Å². The van der Waals surface area contributed by atoms with E-state index in [0.29, 0.717) is 31.2 Å². The molecule has 0 radical (unpaired) electrons. The molecule has 1 saturated heterocycles. The maximum Gasteiger partial charge on any atom is 0.289 e. The molecule has 1 aliphatic heterocycles. The van der Waals surface area contributed by atoms with Gasteiger partial charge < -0.3 is 14.1 Å². The second kappa shape index (κ2) is 9.14. The minimum Gasteiger partial charge on any atom is -0.486 e. The summed E-state index contributed by atoms with van der Waals surface area (Å²) in [5, 5.41) is 1.13. The molecule has 4 aromatic rings. The zero-order chi connectivity index (χ0) is 21.9. The summed E-state index contributed by atoms with van der Waals surface area (Å²) >= 11 is 1.75. The Balaban J connectivity index is 1.16. The van der Waals surface area contributed by atoms with E-state index in [1.165, 1.54) is 4.70 Å². The zero-order valence-electron chi connectivity index (χ0n) is 17.9. The van der Waals surface area contributed by atoms with Crippen molar-refractivity contribution in [2.24, 2.45) is 0 Å². The number of furan rings is 1. The molecule has 2 aromatic carbocycles. The molecule has 2 aromatic heterocycles. The highest BCUT2D eigenvalue weighted by atomic mass is 32.1. The first-order valence-electron chi connectivity index (χ1n) is 10.8. The molecule has 1 aliphatic rings. The number of carbonyl (C=O) groups is 1. The van der Waals surface area contributed by atoms with E-state index in [4.69, 9.17) is 14.1 Å². The van der Waals surface area contributed by atoms with Crippen LogP contribution in [-0.4, -0.2) is 46.9 Å². The van der Waals surface area contributed by atoms with Gasteiger partial charge in [0.25, 0.3) is 5.91 Å². The van der Waals surface area contributed by atoms with Crippen molar-refractivity contribution in [3.63, 3.8) is 0 Å². The van der Waals surface area contributed by atoms with Crippen molar-refractivity contribution >= 4 is 27.5 Å². The Hall–Kier alpha value is -3.16. The molecule has 164 valence electrons. The number of thiazole rings is 1. The lowest BCUT2D eigenvalue weighted by Crippen LogP contribution is -2.49. The van der Waals surface area contributed by atoms with E-state index in [0.717, 1.165) is 29.4 Å². The van der Waals surface area contributed by atoms with Gasteiger partial charge in [-0.1, -0.05) is 30.3 Å². The van der Waals surface area contributed by atoms with Gasteiger partial charge >= 0.3 is 0 Å². The summed E-state index contributed by atoms with van der Waals surface area (Å²) in [7, 11) is 0. The first-order valence-corrected chi connectivity index (χ1v) is 11.6. The van der Waals surface area contributed by atoms with E-state index in [2.05, 4.69) is 24.0 Å². The van der Waals surface area contributed by atoms with Gasteiger partial charge in [0.1, 0.15) is 23.1 Å². The quantitative estimate of drug-likeness (QED) is 0.417. The third-order valence-electron chi connectivity index (χ3n) is 5.81. The molecule has 1 unspecified atom stereocenters. The number of para-hydroxylation sites is 2. The van der Waals surface area contributed by atoms with Crippen LogP contribution in [0.25, 0.3) is 10.2 Å². The van der Waals surface area contributed by atoms with Crippen molar-refractivity contribution in [1.82, 2.24) is 14.8 Å². The number of hydrogen-bond acceptors (Lipinski definition) is 6. The lowest BCUT2D eigenvalue weighted by Gasteiger charge is -2.37. The van der Waals surface area contributed by atoms with Gasteiger partial charge in [-0.3, -0.25) is 9.69 Å². The summed E-state index contributed by atoms with van der Waals surface area (Å²) < 4.78 is 12.7. The van der Waals surface area contributed by atoms with Crippen LogP contribution >= 0.6 is 11.3 Å². The van der Waals surface area contributed by atoms with E-state index in [1.807, 2.05) is 53.4 Å². The first kappa shape index (κ1) is 20.7. The van der Waals surface area contributed by atoms with Crippen LogP contribution < -0.4 is 4.74 Å². The zero-order valence-corrected chi connectivity index (χ0v) is 18.8. The largest absolute Gasteiger partial charge is 0.486 e. The van der Waals surface area contributed by atoms with E-state index in [1.54, 1.807) is 17.4 Å². The number of hydrogen-bond donors (Lipinski definition) is 0. The minimum absolute atomic E-state index is 0.0664. The fraction of sp³-hybridized carbons (Fsp3) is 0.280. The molecule has 32 heavy (non-hydrogen) atoms. The molecule has 6 nitrogen and oxygen atoms in total. The van der Waals surface area contributed by atoms with Crippen molar-refractivity contribution in [2.45, 2.75) is 19.6 Å². The summed E-state index contributed by atoms with van der Waals surface area (Å²) in [5.74, 6) is 1.71. The summed E-state index contributed by atoms with van der Waals surface area (Å²) in [5.41, 5.74) is 1.05. The highest BCUT2D eigenvalue weighted by Gasteiger charge is 2.28. The lowest BCUT2D eigenvalue weighted by atomic mass is 10.2. The minimum atomic E-state index is -0.0664. The molecular formula is C25H25N3O3S. The molecule has 0 N–H and O–H groups in total. The fourth-order valence-electron chi connectivity index (χ4n) is 3.93. The molecule has 0 aliphatic carbocycles. The number of benzene rings is 2. The maximum atomic E-state index is 12.9. The van der Waals surface area contributed by atoms with Gasteiger partial charge in [-0.2, -0.15) is 0 Å². The summed E-state index contributed by atoms with van der Waals surface area (Å²) in [6.07, 6.45) is 0. The summed E-state index contributed by atoms with van der Waals surface area (Å²) in [6.45, 7) is 5.46. The maximum absolute atomic E-state index is 12.9. The molecule has 1 amide bonds. The van der Waals surface area contributed by atoms with Crippen LogP contribution in [0.15, 0.2) is 71.1 Å². The Morgan fingerprint density at radius 1 is 1.03 bits per heavy atom. The second-order valence-electron chi connectivity index (χ2n) is 7.89. The number of amides is 1. The van der Waals surface area contributed by atoms with Gasteiger partial charge in [-0.15, -0.1) is 11.3 Å².